The van der Waals surface area contributed by atoms with Crippen LogP contribution in [0.25, 0.3) is 0 Å². The Hall–Kier alpha value is -3.13. The van der Waals surface area contributed by atoms with Crippen LogP contribution >= 0.6 is 11.6 Å². The van der Waals surface area contributed by atoms with Gasteiger partial charge in [-0.15, -0.1) is 0 Å². The number of carbonyl (C=O) groups is 2. The van der Waals surface area contributed by atoms with Gasteiger partial charge in [0, 0.05) is 24.1 Å². The van der Waals surface area contributed by atoms with Crippen molar-refractivity contribution in [2.45, 2.75) is 19.3 Å². The van der Waals surface area contributed by atoms with Gasteiger partial charge in [-0.2, -0.15) is 0 Å². The normalized spacial score (nSPS) is 15.2. The van der Waals surface area contributed by atoms with E-state index in [9.17, 15) is 19.7 Å². The number of fused-ring (bicyclic) bond motifs is 10. The zero-order valence-corrected chi connectivity index (χ0v) is 15.4. The summed E-state index contributed by atoms with van der Waals surface area (Å²) >= 11 is 6.22. The van der Waals surface area contributed by atoms with Gasteiger partial charge in [0.05, 0.1) is 16.6 Å². The average molecular weight is 406 g/mol. The Kier molecular flexibility index (Phi) is 6.10. The fourth-order valence-electron chi connectivity index (χ4n) is 2.60. The van der Waals surface area contributed by atoms with Crippen LogP contribution in [-0.2, 0) is 9.53 Å². The molecule has 0 fully saturated rings. The van der Waals surface area contributed by atoms with Crippen LogP contribution in [0.4, 0.5) is 5.69 Å². The summed E-state index contributed by atoms with van der Waals surface area (Å²) in [5.41, 5.74) is 0.136. The van der Waals surface area contributed by atoms with Crippen LogP contribution in [0.2, 0.25) is 5.02 Å². The van der Waals surface area contributed by atoms with Crippen molar-refractivity contribution in [3.8, 4) is 17.2 Å². The molecule has 0 unspecified atom stereocenters. The number of benzene rings is 2. The van der Waals surface area contributed by atoms with Crippen molar-refractivity contribution in [3.05, 3.63) is 57.1 Å². The molecule has 0 spiro atoms. The predicted molar refractivity (Wildman–Crippen MR) is 99.3 cm³/mol. The van der Waals surface area contributed by atoms with Crippen molar-refractivity contribution in [1.29, 1.82) is 0 Å². The molecule has 9 heteroatoms. The van der Waals surface area contributed by atoms with Crippen molar-refractivity contribution in [3.63, 3.8) is 0 Å². The van der Waals surface area contributed by atoms with Gasteiger partial charge in [-0.3, -0.25) is 14.9 Å². The lowest BCUT2D eigenvalue weighted by Gasteiger charge is -2.11. The maximum atomic E-state index is 12.2. The SMILES string of the molecule is O=C1COc2cc(ccc2[N+](=O)[O-])Oc2ccc(cc2Cl)C(=O)CCCCO1. The minimum Gasteiger partial charge on any atom is -0.475 e. The number of hydrogen-bond donors (Lipinski definition) is 0. The third-order valence-electron chi connectivity index (χ3n) is 4.02. The summed E-state index contributed by atoms with van der Waals surface area (Å²) in [7, 11) is 0. The summed E-state index contributed by atoms with van der Waals surface area (Å²) in [5.74, 6) is -0.371. The molecule has 2 aliphatic rings. The topological polar surface area (TPSA) is 105 Å². The monoisotopic (exact) mass is 405 g/mol. The van der Waals surface area contributed by atoms with Crippen LogP contribution in [0.5, 0.6) is 17.2 Å². The Bertz CT molecular complexity index is 928. The molecule has 0 atom stereocenters. The lowest BCUT2D eigenvalue weighted by atomic mass is 10.1. The zero-order valence-electron chi connectivity index (χ0n) is 14.7. The predicted octanol–water partition coefficient (Wildman–Crippen LogP) is 4.33. The number of ketones is 1. The van der Waals surface area contributed by atoms with Crippen molar-refractivity contribution < 1.29 is 28.7 Å². The van der Waals surface area contributed by atoms with E-state index < -0.39 is 17.5 Å². The second kappa shape index (κ2) is 8.71. The fourth-order valence-corrected chi connectivity index (χ4v) is 2.82. The van der Waals surface area contributed by atoms with Crippen molar-refractivity contribution in [2.75, 3.05) is 13.2 Å². The van der Waals surface area contributed by atoms with Crippen LogP contribution < -0.4 is 9.47 Å². The first-order chi connectivity index (χ1) is 13.4. The molecule has 2 aromatic rings. The van der Waals surface area contributed by atoms with Gasteiger partial charge in [0.1, 0.15) is 11.5 Å². The van der Waals surface area contributed by atoms with Gasteiger partial charge < -0.3 is 14.2 Å². The minimum absolute atomic E-state index is 0.0787. The molecule has 0 amide bonds. The molecule has 0 aliphatic carbocycles. The van der Waals surface area contributed by atoms with Crippen molar-refractivity contribution in [1.82, 2.24) is 0 Å². The number of carbonyl (C=O) groups excluding carboxylic acids is 2. The molecule has 2 aromatic carbocycles. The molecule has 4 bridgehead atoms. The molecule has 0 N–H and O–H groups in total. The van der Waals surface area contributed by atoms with Gasteiger partial charge in [-0.1, -0.05) is 11.6 Å². The average Bonchev–Trinajstić information content (AvgIpc) is 2.67. The van der Waals surface area contributed by atoms with Crippen LogP contribution in [0.1, 0.15) is 29.6 Å². The Balaban J connectivity index is 1.95. The lowest BCUT2D eigenvalue weighted by Crippen LogP contribution is -2.16. The van der Waals surface area contributed by atoms with Gasteiger partial charge in [-0.25, -0.2) is 4.79 Å². The number of rotatable bonds is 1. The van der Waals surface area contributed by atoms with Crippen molar-refractivity contribution in [2.24, 2.45) is 0 Å². The minimum atomic E-state index is -0.661. The highest BCUT2D eigenvalue weighted by Crippen LogP contribution is 2.36. The van der Waals surface area contributed by atoms with Gasteiger partial charge in [0.25, 0.3) is 0 Å². The Morgan fingerprint density at radius 2 is 1.82 bits per heavy atom. The molecule has 8 nitrogen and oxygen atoms in total. The van der Waals surface area contributed by atoms with Gasteiger partial charge >= 0.3 is 11.7 Å². The second-order valence-electron chi connectivity index (χ2n) is 6.02. The first kappa shape index (κ1) is 19.6. The number of nitro groups is 1. The number of Topliss-reactive ketones (excluding diaryl/α,β-unsaturated/α-hetero) is 1. The van der Waals surface area contributed by atoms with E-state index in [0.717, 1.165) is 0 Å². The fraction of sp³-hybridized carbons (Fsp3) is 0.263. The third kappa shape index (κ3) is 4.77. The summed E-state index contributed by atoms with van der Waals surface area (Å²) < 4.78 is 16.0. The van der Waals surface area contributed by atoms with Crippen molar-refractivity contribution >= 4 is 29.0 Å². The molecule has 146 valence electrons. The van der Waals surface area contributed by atoms with E-state index in [1.165, 1.54) is 24.3 Å². The summed E-state index contributed by atoms with van der Waals surface area (Å²) in [5, 5.41) is 11.4. The number of ether oxygens (including phenoxy) is 3. The molecule has 0 radical (unpaired) electrons. The molecular weight excluding hydrogens is 390 g/mol. The molecule has 28 heavy (non-hydrogen) atoms. The summed E-state index contributed by atoms with van der Waals surface area (Å²) in [4.78, 5) is 34.6. The van der Waals surface area contributed by atoms with E-state index in [-0.39, 0.29) is 46.8 Å². The summed E-state index contributed by atoms with van der Waals surface area (Å²) in [6.45, 7) is -0.362. The number of hydrogen-bond acceptors (Lipinski definition) is 7. The molecule has 0 aromatic heterocycles. The number of halogens is 1. The summed E-state index contributed by atoms with van der Waals surface area (Å²) in [6, 6.07) is 8.55. The van der Waals surface area contributed by atoms with Crippen LogP contribution in [0, 0.1) is 10.1 Å². The largest absolute Gasteiger partial charge is 0.475 e. The highest BCUT2D eigenvalue weighted by Gasteiger charge is 2.19. The Morgan fingerprint density at radius 3 is 2.57 bits per heavy atom. The molecule has 0 saturated carbocycles. The van der Waals surface area contributed by atoms with E-state index in [0.29, 0.717) is 18.4 Å². The number of esters is 1. The van der Waals surface area contributed by atoms with E-state index in [1.807, 2.05) is 0 Å². The van der Waals surface area contributed by atoms with E-state index in [4.69, 9.17) is 25.8 Å². The quantitative estimate of drug-likeness (QED) is 0.395. The molecular formula is C19H16ClNO7. The van der Waals surface area contributed by atoms with Crippen LogP contribution in [0.15, 0.2) is 36.4 Å². The van der Waals surface area contributed by atoms with Gasteiger partial charge in [0.2, 0.25) is 5.75 Å². The first-order valence-corrected chi connectivity index (χ1v) is 8.89. The molecule has 2 heterocycles. The molecule has 4 rings (SSSR count). The van der Waals surface area contributed by atoms with Crippen LogP contribution in [-0.4, -0.2) is 29.9 Å². The molecule has 0 saturated heterocycles. The highest BCUT2D eigenvalue weighted by molar-refractivity contribution is 6.32. The first-order valence-electron chi connectivity index (χ1n) is 8.51. The van der Waals surface area contributed by atoms with E-state index in [2.05, 4.69) is 0 Å². The highest BCUT2D eigenvalue weighted by atomic mass is 35.5. The Labute approximate surface area is 165 Å². The number of nitrogens with zero attached hydrogens (tertiary/aromatic N) is 1. The number of nitro benzene ring substituents is 1. The van der Waals surface area contributed by atoms with E-state index in [1.54, 1.807) is 12.1 Å². The van der Waals surface area contributed by atoms with Gasteiger partial charge in [0.15, 0.2) is 12.4 Å². The van der Waals surface area contributed by atoms with Gasteiger partial charge in [-0.05, 0) is 37.1 Å². The molecule has 2 aliphatic heterocycles. The maximum Gasteiger partial charge on any atom is 0.344 e. The van der Waals surface area contributed by atoms with E-state index >= 15 is 0 Å². The summed E-state index contributed by atoms with van der Waals surface area (Å²) in [6.07, 6.45) is 1.33. The maximum absolute atomic E-state index is 12.2. The zero-order chi connectivity index (χ0) is 20.1. The third-order valence-corrected chi connectivity index (χ3v) is 4.31. The Morgan fingerprint density at radius 1 is 1.00 bits per heavy atom. The smallest absolute Gasteiger partial charge is 0.344 e. The second-order valence-corrected chi connectivity index (χ2v) is 6.43. The van der Waals surface area contributed by atoms with Crippen LogP contribution in [0.3, 0.4) is 0 Å². The lowest BCUT2D eigenvalue weighted by molar-refractivity contribution is -0.385. The standard InChI is InChI=1S/C19H16ClNO7/c20-14-9-12-4-7-17(14)28-13-5-6-15(21(24)25)18(10-13)27-11-19(23)26-8-2-1-3-16(12)22/h4-7,9-10H,1-3,8,11H2.